The minimum absolute atomic E-state index is 0.0729. The molecule has 2 aromatic carbocycles. The van der Waals surface area contributed by atoms with Crippen LogP contribution in [0.5, 0.6) is 0 Å². The zero-order chi connectivity index (χ0) is 24.2. The lowest BCUT2D eigenvalue weighted by molar-refractivity contribution is -0.142. The Morgan fingerprint density at radius 3 is 2.06 bits per heavy atom. The summed E-state index contributed by atoms with van der Waals surface area (Å²) in [5.74, 6) is -1.16. The van der Waals surface area contributed by atoms with Gasteiger partial charge in [0.15, 0.2) is 0 Å². The number of ether oxygens (including phenoxy) is 1. The molecule has 0 spiro atoms. The lowest BCUT2D eigenvalue weighted by Crippen LogP contribution is -2.52. The lowest BCUT2D eigenvalue weighted by Gasteiger charge is -2.22. The largest absolute Gasteiger partial charge is 0.480 e. The number of alkyl carbamates (subject to hydrolysis) is 1. The molecule has 180 valence electrons. The highest BCUT2D eigenvalue weighted by Crippen LogP contribution is 2.44. The lowest BCUT2D eigenvalue weighted by atomic mass is 9.98. The molecule has 4 rings (SSSR count). The summed E-state index contributed by atoms with van der Waals surface area (Å²) >= 11 is 0. The summed E-state index contributed by atoms with van der Waals surface area (Å²) in [7, 11) is 0. The van der Waals surface area contributed by atoms with Gasteiger partial charge in [0.05, 0.1) is 0 Å². The fourth-order valence-electron chi connectivity index (χ4n) is 4.67. The van der Waals surface area contributed by atoms with Gasteiger partial charge in [-0.2, -0.15) is 0 Å². The van der Waals surface area contributed by atoms with Crippen LogP contribution >= 0.6 is 0 Å². The second kappa shape index (κ2) is 10.3. The van der Waals surface area contributed by atoms with E-state index in [1.165, 1.54) is 0 Å². The van der Waals surface area contributed by atoms with E-state index in [0.29, 0.717) is 18.8 Å². The maximum absolute atomic E-state index is 12.9. The van der Waals surface area contributed by atoms with Crippen LogP contribution in [0.3, 0.4) is 0 Å². The molecule has 0 radical (unpaired) electrons. The van der Waals surface area contributed by atoms with Crippen molar-refractivity contribution < 1.29 is 24.2 Å². The van der Waals surface area contributed by atoms with Crippen molar-refractivity contribution >= 4 is 18.0 Å². The quantitative estimate of drug-likeness (QED) is 0.486. The van der Waals surface area contributed by atoms with Crippen LogP contribution in [0.1, 0.15) is 56.6 Å². The summed E-state index contributed by atoms with van der Waals surface area (Å²) < 4.78 is 5.59. The Morgan fingerprint density at radius 1 is 0.941 bits per heavy atom. The molecule has 0 saturated heterocycles. The van der Waals surface area contributed by atoms with E-state index in [4.69, 9.17) is 4.74 Å². The molecule has 2 unspecified atom stereocenters. The summed E-state index contributed by atoms with van der Waals surface area (Å²) in [6, 6.07) is 14.4. The van der Waals surface area contributed by atoms with Gasteiger partial charge in [-0.3, -0.25) is 4.79 Å². The van der Waals surface area contributed by atoms with Crippen molar-refractivity contribution in [2.24, 2.45) is 11.8 Å². The van der Waals surface area contributed by atoms with Crippen molar-refractivity contribution in [1.29, 1.82) is 0 Å². The molecule has 1 saturated carbocycles. The van der Waals surface area contributed by atoms with Crippen LogP contribution in [0.15, 0.2) is 48.5 Å². The molecule has 2 aromatic rings. The van der Waals surface area contributed by atoms with Crippen molar-refractivity contribution in [1.82, 2.24) is 10.6 Å². The SMILES string of the molecule is CC(C)CC(NC(=O)C(CC1CC1)NC(=O)OCC1c2ccccc2-c2ccccc21)C(=O)O. The number of carbonyl (C=O) groups is 3. The normalized spacial score (nSPS) is 16.3. The first-order valence-electron chi connectivity index (χ1n) is 12.0. The first-order valence-corrected chi connectivity index (χ1v) is 12.0. The Hall–Kier alpha value is -3.35. The topological polar surface area (TPSA) is 105 Å². The van der Waals surface area contributed by atoms with Crippen molar-refractivity contribution in [3.63, 3.8) is 0 Å². The van der Waals surface area contributed by atoms with Crippen LogP contribution in [0.25, 0.3) is 11.1 Å². The number of hydrogen-bond donors (Lipinski definition) is 3. The molecular weight excluding hydrogens is 432 g/mol. The molecule has 34 heavy (non-hydrogen) atoms. The van der Waals surface area contributed by atoms with Gasteiger partial charge in [-0.1, -0.05) is 75.2 Å². The maximum Gasteiger partial charge on any atom is 0.407 e. The van der Waals surface area contributed by atoms with Gasteiger partial charge in [-0.15, -0.1) is 0 Å². The van der Waals surface area contributed by atoms with Crippen LogP contribution in [0.2, 0.25) is 0 Å². The number of hydrogen-bond acceptors (Lipinski definition) is 4. The minimum Gasteiger partial charge on any atom is -0.480 e. The van der Waals surface area contributed by atoms with Crippen LogP contribution in [0.4, 0.5) is 4.79 Å². The first-order chi connectivity index (χ1) is 16.3. The number of carboxylic acid groups (broad SMARTS) is 1. The highest BCUT2D eigenvalue weighted by Gasteiger charge is 2.34. The number of aliphatic carboxylic acids is 1. The Bertz CT molecular complexity index is 1020. The Morgan fingerprint density at radius 2 is 1.53 bits per heavy atom. The van der Waals surface area contributed by atoms with E-state index in [1.54, 1.807) is 0 Å². The van der Waals surface area contributed by atoms with Crippen molar-refractivity contribution in [2.75, 3.05) is 6.61 Å². The Balaban J connectivity index is 1.40. The number of rotatable bonds is 10. The summed E-state index contributed by atoms with van der Waals surface area (Å²) in [6.45, 7) is 3.96. The average molecular weight is 465 g/mol. The maximum atomic E-state index is 12.9. The fraction of sp³-hybridized carbons (Fsp3) is 0.444. The number of carboxylic acids is 1. The third-order valence-electron chi connectivity index (χ3n) is 6.54. The molecule has 0 heterocycles. The Labute approximate surface area is 199 Å². The number of benzene rings is 2. The summed E-state index contributed by atoms with van der Waals surface area (Å²) in [5, 5.41) is 14.8. The highest BCUT2D eigenvalue weighted by atomic mass is 16.5. The fourth-order valence-corrected chi connectivity index (χ4v) is 4.67. The van der Waals surface area contributed by atoms with Crippen LogP contribution < -0.4 is 10.6 Å². The molecule has 0 aromatic heterocycles. The van der Waals surface area contributed by atoms with Gasteiger partial charge in [0.2, 0.25) is 5.91 Å². The average Bonchev–Trinajstić information content (AvgIpc) is 3.57. The zero-order valence-corrected chi connectivity index (χ0v) is 19.6. The molecule has 2 amide bonds. The van der Waals surface area contributed by atoms with E-state index in [-0.39, 0.29) is 18.4 Å². The van der Waals surface area contributed by atoms with Gasteiger partial charge >= 0.3 is 12.1 Å². The van der Waals surface area contributed by atoms with Crippen molar-refractivity contribution in [3.05, 3.63) is 59.7 Å². The monoisotopic (exact) mass is 464 g/mol. The standard InChI is InChI=1S/C27H32N2O5/c1-16(2)13-24(26(31)32)28-25(30)23(14-17-11-12-17)29-27(33)34-15-22-20-9-5-3-7-18(20)19-8-4-6-10-21(19)22/h3-10,16-17,22-24H,11-15H2,1-2H3,(H,28,30)(H,29,33)(H,31,32). The molecule has 2 atom stereocenters. The second-order valence-electron chi connectivity index (χ2n) is 9.73. The molecule has 1 fully saturated rings. The molecule has 2 aliphatic carbocycles. The molecule has 3 N–H and O–H groups in total. The van der Waals surface area contributed by atoms with E-state index in [1.807, 2.05) is 50.2 Å². The predicted molar refractivity (Wildman–Crippen MR) is 128 cm³/mol. The summed E-state index contributed by atoms with van der Waals surface area (Å²) in [5.41, 5.74) is 4.51. The molecule has 0 aliphatic heterocycles. The zero-order valence-electron chi connectivity index (χ0n) is 19.6. The molecule has 2 aliphatic rings. The summed E-state index contributed by atoms with van der Waals surface area (Å²) in [4.78, 5) is 37.2. The number of amides is 2. The van der Waals surface area contributed by atoms with Gasteiger partial charge in [0.25, 0.3) is 0 Å². The molecule has 7 nitrogen and oxygen atoms in total. The van der Waals surface area contributed by atoms with Gasteiger partial charge < -0.3 is 20.5 Å². The van der Waals surface area contributed by atoms with Gasteiger partial charge in [0.1, 0.15) is 18.7 Å². The van der Waals surface area contributed by atoms with E-state index >= 15 is 0 Å². The van der Waals surface area contributed by atoms with E-state index < -0.39 is 30.1 Å². The van der Waals surface area contributed by atoms with Crippen LogP contribution in [-0.2, 0) is 14.3 Å². The van der Waals surface area contributed by atoms with Crippen LogP contribution in [0, 0.1) is 11.8 Å². The smallest absolute Gasteiger partial charge is 0.407 e. The van der Waals surface area contributed by atoms with E-state index in [0.717, 1.165) is 35.1 Å². The van der Waals surface area contributed by atoms with E-state index in [2.05, 4.69) is 22.8 Å². The number of fused-ring (bicyclic) bond motifs is 3. The van der Waals surface area contributed by atoms with Crippen LogP contribution in [-0.4, -0.2) is 41.8 Å². The van der Waals surface area contributed by atoms with Crippen molar-refractivity contribution in [3.8, 4) is 11.1 Å². The number of carbonyl (C=O) groups excluding carboxylic acids is 2. The van der Waals surface area contributed by atoms with E-state index in [9.17, 15) is 19.5 Å². The molecule has 0 bridgehead atoms. The van der Waals surface area contributed by atoms with Gasteiger partial charge in [-0.05, 0) is 46.9 Å². The molecule has 7 heteroatoms. The predicted octanol–water partition coefficient (Wildman–Crippen LogP) is 4.31. The van der Waals surface area contributed by atoms with Gasteiger partial charge in [-0.25, -0.2) is 9.59 Å². The highest BCUT2D eigenvalue weighted by molar-refractivity contribution is 5.89. The third kappa shape index (κ3) is 5.58. The minimum atomic E-state index is -1.08. The molecular formula is C27H32N2O5. The van der Waals surface area contributed by atoms with Gasteiger partial charge in [0, 0.05) is 5.92 Å². The third-order valence-corrected chi connectivity index (χ3v) is 6.54. The summed E-state index contributed by atoms with van der Waals surface area (Å²) in [6.07, 6.45) is 2.14. The Kier molecular flexibility index (Phi) is 7.20. The van der Waals surface area contributed by atoms with Crippen molar-refractivity contribution in [2.45, 2.75) is 57.5 Å². The first kappa shape index (κ1) is 23.8. The number of nitrogens with one attached hydrogen (secondary N) is 2. The second-order valence-corrected chi connectivity index (χ2v) is 9.73.